The Morgan fingerprint density at radius 3 is 1.70 bits per heavy atom. The average molecular weight is 552 g/mol. The fourth-order valence-electron chi connectivity index (χ4n) is 2.08. The van der Waals surface area contributed by atoms with Crippen molar-refractivity contribution in [1.29, 1.82) is 0 Å². The molecule has 0 saturated heterocycles. The van der Waals surface area contributed by atoms with Crippen molar-refractivity contribution in [2.24, 2.45) is 0 Å². The van der Waals surface area contributed by atoms with Crippen LogP contribution in [0.25, 0.3) is 0 Å². The van der Waals surface area contributed by atoms with Gasteiger partial charge in [-0.15, -0.1) is 11.3 Å². The Morgan fingerprint density at radius 1 is 0.667 bits per heavy atom. The van der Waals surface area contributed by atoms with E-state index in [4.69, 9.17) is 0 Å². The Hall–Kier alpha value is -1.40. The van der Waals surface area contributed by atoms with Gasteiger partial charge in [0.25, 0.3) is 20.0 Å². The number of nitrogens with one attached hydrogen (secondary N) is 2. The first kappa shape index (κ1) is 20.3. The molecule has 0 aliphatic rings. The van der Waals surface area contributed by atoms with E-state index in [1.54, 1.807) is 30.3 Å². The van der Waals surface area contributed by atoms with Crippen LogP contribution in [0.3, 0.4) is 0 Å². The van der Waals surface area contributed by atoms with E-state index in [1.807, 2.05) is 0 Å². The molecule has 2 aromatic carbocycles. The second-order valence-corrected chi connectivity index (χ2v) is 12.3. The molecule has 0 saturated carbocycles. The van der Waals surface area contributed by atoms with Crippen molar-refractivity contribution in [3.05, 3.63) is 68.9 Å². The molecule has 0 bridgehead atoms. The SMILES string of the molecule is O=S(=O)(Nc1ccc(Br)cc1)c1ccc(NS(=O)(=O)c2ccc(Br)s2)cc1. The molecule has 0 fully saturated rings. The highest BCUT2D eigenvalue weighted by Crippen LogP contribution is 2.28. The number of benzene rings is 2. The van der Waals surface area contributed by atoms with E-state index in [9.17, 15) is 16.8 Å². The number of anilines is 2. The van der Waals surface area contributed by atoms with Gasteiger partial charge in [0.15, 0.2) is 0 Å². The third-order valence-electron chi connectivity index (χ3n) is 3.33. The zero-order chi connectivity index (χ0) is 19.7. The summed E-state index contributed by atoms with van der Waals surface area (Å²) in [6.45, 7) is 0. The van der Waals surface area contributed by atoms with Gasteiger partial charge in [-0.25, -0.2) is 16.8 Å². The fourth-order valence-corrected chi connectivity index (χ4v) is 6.47. The lowest BCUT2D eigenvalue weighted by molar-refractivity contribution is 0.600. The molecular weight excluding hydrogens is 540 g/mol. The van der Waals surface area contributed by atoms with Crippen molar-refractivity contribution in [3.8, 4) is 0 Å². The van der Waals surface area contributed by atoms with Gasteiger partial charge in [-0.05, 0) is 76.6 Å². The lowest BCUT2D eigenvalue weighted by atomic mass is 10.3. The monoisotopic (exact) mass is 550 g/mol. The van der Waals surface area contributed by atoms with E-state index in [1.165, 1.54) is 30.3 Å². The van der Waals surface area contributed by atoms with Crippen LogP contribution in [0.4, 0.5) is 11.4 Å². The van der Waals surface area contributed by atoms with Crippen molar-refractivity contribution in [1.82, 2.24) is 0 Å². The van der Waals surface area contributed by atoms with Gasteiger partial charge < -0.3 is 0 Å². The zero-order valence-electron chi connectivity index (χ0n) is 13.4. The van der Waals surface area contributed by atoms with Crippen LogP contribution in [0.5, 0.6) is 0 Å². The highest BCUT2D eigenvalue weighted by Gasteiger charge is 2.18. The normalized spacial score (nSPS) is 11.9. The third kappa shape index (κ3) is 5.11. The molecule has 27 heavy (non-hydrogen) atoms. The van der Waals surface area contributed by atoms with Gasteiger partial charge >= 0.3 is 0 Å². The summed E-state index contributed by atoms with van der Waals surface area (Å²) >= 11 is 7.59. The molecule has 0 unspecified atom stereocenters. The average Bonchev–Trinajstić information content (AvgIpc) is 3.04. The number of thiophene rings is 1. The molecule has 0 atom stereocenters. The topological polar surface area (TPSA) is 92.3 Å². The van der Waals surface area contributed by atoms with Crippen LogP contribution >= 0.6 is 43.2 Å². The first-order chi connectivity index (χ1) is 12.7. The van der Waals surface area contributed by atoms with Gasteiger partial charge in [-0.3, -0.25) is 9.44 Å². The Labute approximate surface area is 178 Å². The molecule has 3 aromatic rings. The first-order valence-electron chi connectivity index (χ1n) is 7.32. The Bertz CT molecular complexity index is 1160. The minimum absolute atomic E-state index is 0.0206. The Morgan fingerprint density at radius 2 is 1.19 bits per heavy atom. The van der Waals surface area contributed by atoms with Crippen molar-refractivity contribution >= 4 is 74.6 Å². The third-order valence-corrected chi connectivity index (χ3v) is 8.75. The molecule has 0 aliphatic carbocycles. The smallest absolute Gasteiger partial charge is 0.271 e. The number of rotatable bonds is 6. The maximum absolute atomic E-state index is 12.4. The van der Waals surface area contributed by atoms with Gasteiger partial charge in [0.05, 0.1) is 8.68 Å². The lowest BCUT2D eigenvalue weighted by Crippen LogP contribution is -2.14. The minimum Gasteiger partial charge on any atom is -0.280 e. The number of sulfonamides is 2. The molecule has 0 amide bonds. The summed E-state index contributed by atoms with van der Waals surface area (Å²) in [6.07, 6.45) is 0. The van der Waals surface area contributed by atoms with E-state index in [-0.39, 0.29) is 14.8 Å². The van der Waals surface area contributed by atoms with Gasteiger partial charge in [0.1, 0.15) is 4.21 Å². The first-order valence-corrected chi connectivity index (χ1v) is 12.7. The highest BCUT2D eigenvalue weighted by atomic mass is 79.9. The van der Waals surface area contributed by atoms with Crippen LogP contribution < -0.4 is 9.44 Å². The summed E-state index contributed by atoms with van der Waals surface area (Å²) in [7, 11) is -7.51. The van der Waals surface area contributed by atoms with Crippen molar-refractivity contribution < 1.29 is 16.8 Å². The van der Waals surface area contributed by atoms with Crippen LogP contribution in [0.15, 0.2) is 78.0 Å². The van der Waals surface area contributed by atoms with Crippen LogP contribution in [-0.4, -0.2) is 16.8 Å². The summed E-state index contributed by atoms with van der Waals surface area (Å²) in [5, 5.41) is 0. The Kier molecular flexibility index (Phi) is 5.96. The fraction of sp³-hybridized carbons (Fsp3) is 0. The second kappa shape index (κ2) is 7.92. The molecule has 0 spiro atoms. The maximum atomic E-state index is 12.4. The van der Waals surface area contributed by atoms with Crippen molar-refractivity contribution in [2.75, 3.05) is 9.44 Å². The maximum Gasteiger partial charge on any atom is 0.271 e. The molecule has 2 N–H and O–H groups in total. The van der Waals surface area contributed by atoms with E-state index < -0.39 is 20.0 Å². The lowest BCUT2D eigenvalue weighted by Gasteiger charge is -2.10. The van der Waals surface area contributed by atoms with Crippen molar-refractivity contribution in [2.45, 2.75) is 9.10 Å². The standard InChI is InChI=1S/C16H12Br2N2O4S3/c17-11-1-3-12(4-2-11)19-26(21,22)14-7-5-13(6-8-14)20-27(23,24)16-10-9-15(18)25-16/h1-10,19-20H. The number of hydrogen-bond acceptors (Lipinski definition) is 5. The van der Waals surface area contributed by atoms with Crippen LogP contribution in [0.2, 0.25) is 0 Å². The summed E-state index contributed by atoms with van der Waals surface area (Å²) in [4.78, 5) is 0.0206. The predicted octanol–water partition coefficient (Wildman–Crippen LogP) is 4.87. The van der Waals surface area contributed by atoms with Crippen LogP contribution in [-0.2, 0) is 20.0 Å². The molecule has 1 aromatic heterocycles. The molecule has 142 valence electrons. The second-order valence-electron chi connectivity index (χ2n) is 5.30. The van der Waals surface area contributed by atoms with Gasteiger partial charge in [-0.2, -0.15) is 0 Å². The van der Waals surface area contributed by atoms with E-state index in [0.29, 0.717) is 9.47 Å². The quantitative estimate of drug-likeness (QED) is 0.457. The van der Waals surface area contributed by atoms with E-state index in [2.05, 4.69) is 41.3 Å². The summed E-state index contributed by atoms with van der Waals surface area (Å²) in [6, 6.07) is 15.3. The summed E-state index contributed by atoms with van der Waals surface area (Å²) < 4.78 is 56.1. The van der Waals surface area contributed by atoms with Gasteiger partial charge in [0.2, 0.25) is 0 Å². The van der Waals surface area contributed by atoms with E-state index in [0.717, 1.165) is 15.8 Å². The number of hydrogen-bond donors (Lipinski definition) is 2. The highest BCUT2D eigenvalue weighted by molar-refractivity contribution is 9.11. The van der Waals surface area contributed by atoms with Crippen LogP contribution in [0, 0.1) is 0 Å². The predicted molar refractivity (Wildman–Crippen MR) is 114 cm³/mol. The molecule has 6 nitrogen and oxygen atoms in total. The Balaban J connectivity index is 1.77. The largest absolute Gasteiger partial charge is 0.280 e. The van der Waals surface area contributed by atoms with E-state index >= 15 is 0 Å². The molecule has 0 aliphatic heterocycles. The molecule has 3 rings (SSSR count). The van der Waals surface area contributed by atoms with Crippen molar-refractivity contribution in [3.63, 3.8) is 0 Å². The summed E-state index contributed by atoms with van der Waals surface area (Å²) in [5.74, 6) is 0. The molecule has 0 radical (unpaired) electrons. The summed E-state index contributed by atoms with van der Waals surface area (Å²) in [5.41, 5.74) is 0.688. The molecule has 11 heteroatoms. The molecule has 1 heterocycles. The van der Waals surface area contributed by atoms with Gasteiger partial charge in [-0.1, -0.05) is 15.9 Å². The number of halogens is 2. The molecular formula is C16H12Br2N2O4S3. The van der Waals surface area contributed by atoms with Gasteiger partial charge in [0, 0.05) is 15.8 Å². The minimum atomic E-state index is -3.78. The zero-order valence-corrected chi connectivity index (χ0v) is 19.0. The van der Waals surface area contributed by atoms with Crippen LogP contribution in [0.1, 0.15) is 0 Å².